The van der Waals surface area contributed by atoms with Gasteiger partial charge in [-0.15, -0.1) is 0 Å². The summed E-state index contributed by atoms with van der Waals surface area (Å²) in [7, 11) is 0. The van der Waals surface area contributed by atoms with E-state index in [1.54, 1.807) is 0 Å². The van der Waals surface area contributed by atoms with Gasteiger partial charge in [0.25, 0.3) is 5.91 Å². The van der Waals surface area contributed by atoms with Gasteiger partial charge in [0.05, 0.1) is 5.56 Å². The highest BCUT2D eigenvalue weighted by molar-refractivity contribution is 5.97. The fourth-order valence-corrected chi connectivity index (χ4v) is 1.46. The summed E-state index contributed by atoms with van der Waals surface area (Å²) in [6.07, 6.45) is 1.67. The molecule has 0 aliphatic carbocycles. The molecule has 0 fully saturated rings. The lowest BCUT2D eigenvalue weighted by atomic mass is 10.1. The van der Waals surface area contributed by atoms with Crippen LogP contribution in [0.3, 0.4) is 0 Å². The SMILES string of the molecule is CCC(CC)NC(=O)c1cc(O)ccc1O. The third-order valence-corrected chi connectivity index (χ3v) is 2.55. The van der Waals surface area contributed by atoms with E-state index in [-0.39, 0.29) is 29.0 Å². The Balaban J connectivity index is 2.83. The average Bonchev–Trinajstić information content (AvgIpc) is 2.28. The number of carbonyl (C=O) groups is 1. The molecule has 1 rings (SSSR count). The van der Waals surface area contributed by atoms with Gasteiger partial charge in [-0.2, -0.15) is 0 Å². The van der Waals surface area contributed by atoms with Gasteiger partial charge < -0.3 is 15.5 Å². The van der Waals surface area contributed by atoms with E-state index in [4.69, 9.17) is 0 Å². The summed E-state index contributed by atoms with van der Waals surface area (Å²) < 4.78 is 0. The van der Waals surface area contributed by atoms with Crippen LogP contribution in [0.5, 0.6) is 11.5 Å². The molecule has 0 saturated heterocycles. The molecule has 0 saturated carbocycles. The summed E-state index contributed by atoms with van der Waals surface area (Å²) >= 11 is 0. The second-order valence-electron chi connectivity index (χ2n) is 3.69. The maximum Gasteiger partial charge on any atom is 0.255 e. The zero-order valence-electron chi connectivity index (χ0n) is 9.53. The molecule has 16 heavy (non-hydrogen) atoms. The molecule has 0 atom stereocenters. The molecule has 1 aromatic carbocycles. The molecule has 3 N–H and O–H groups in total. The molecule has 0 aliphatic heterocycles. The van der Waals surface area contributed by atoms with E-state index in [0.29, 0.717) is 0 Å². The minimum atomic E-state index is -0.359. The van der Waals surface area contributed by atoms with Crippen molar-refractivity contribution in [2.45, 2.75) is 32.7 Å². The number of hydrogen-bond acceptors (Lipinski definition) is 3. The molecule has 4 nitrogen and oxygen atoms in total. The van der Waals surface area contributed by atoms with Crippen molar-refractivity contribution >= 4 is 5.91 Å². The molecule has 1 amide bonds. The Morgan fingerprint density at radius 1 is 1.31 bits per heavy atom. The number of nitrogens with one attached hydrogen (secondary N) is 1. The van der Waals surface area contributed by atoms with Gasteiger partial charge in [0.15, 0.2) is 0 Å². The van der Waals surface area contributed by atoms with E-state index in [2.05, 4.69) is 5.32 Å². The highest BCUT2D eigenvalue weighted by Gasteiger charge is 2.14. The lowest BCUT2D eigenvalue weighted by molar-refractivity contribution is 0.0931. The second-order valence-corrected chi connectivity index (χ2v) is 3.69. The maximum absolute atomic E-state index is 11.8. The van der Waals surface area contributed by atoms with E-state index in [9.17, 15) is 15.0 Å². The summed E-state index contributed by atoms with van der Waals surface area (Å²) in [6, 6.07) is 3.99. The number of benzene rings is 1. The standard InChI is InChI=1S/C12H17NO3/c1-3-8(4-2)13-12(16)10-7-9(14)5-6-11(10)15/h5-8,14-15H,3-4H2,1-2H3,(H,13,16). The molecule has 0 bridgehead atoms. The zero-order chi connectivity index (χ0) is 12.1. The summed E-state index contributed by atoms with van der Waals surface area (Å²) in [6.45, 7) is 3.97. The van der Waals surface area contributed by atoms with Gasteiger partial charge in [0.2, 0.25) is 0 Å². The molecule has 4 heteroatoms. The van der Waals surface area contributed by atoms with Gasteiger partial charge in [0.1, 0.15) is 11.5 Å². The molecule has 0 radical (unpaired) electrons. The predicted octanol–water partition coefficient (Wildman–Crippen LogP) is 2.02. The van der Waals surface area contributed by atoms with Crippen molar-refractivity contribution in [3.8, 4) is 11.5 Å². The molecule has 88 valence electrons. The Kier molecular flexibility index (Phi) is 4.17. The van der Waals surface area contributed by atoms with Crippen LogP contribution in [0.2, 0.25) is 0 Å². The van der Waals surface area contributed by atoms with Crippen molar-refractivity contribution in [3.05, 3.63) is 23.8 Å². The van der Waals surface area contributed by atoms with Gasteiger partial charge >= 0.3 is 0 Å². The Morgan fingerprint density at radius 2 is 1.94 bits per heavy atom. The van der Waals surface area contributed by atoms with Crippen LogP contribution < -0.4 is 5.32 Å². The van der Waals surface area contributed by atoms with Crippen LogP contribution in [-0.2, 0) is 0 Å². The molecule has 0 aromatic heterocycles. The first-order valence-electron chi connectivity index (χ1n) is 5.41. The number of aromatic hydroxyl groups is 2. The summed E-state index contributed by atoms with van der Waals surface area (Å²) in [5.41, 5.74) is 0.104. The molecule has 0 heterocycles. The Morgan fingerprint density at radius 3 is 2.50 bits per heavy atom. The monoisotopic (exact) mass is 223 g/mol. The van der Waals surface area contributed by atoms with Crippen LogP contribution in [0.25, 0.3) is 0 Å². The van der Waals surface area contributed by atoms with Gasteiger partial charge in [-0.3, -0.25) is 4.79 Å². The van der Waals surface area contributed by atoms with Gasteiger partial charge in [-0.05, 0) is 31.0 Å². The molecular formula is C12H17NO3. The number of phenols is 2. The summed E-state index contributed by atoms with van der Waals surface area (Å²) in [5, 5.41) is 21.5. The Bertz CT molecular complexity index is 373. The minimum absolute atomic E-state index is 0.0347. The van der Waals surface area contributed by atoms with E-state index in [0.717, 1.165) is 12.8 Å². The van der Waals surface area contributed by atoms with Crippen molar-refractivity contribution in [3.63, 3.8) is 0 Å². The lowest BCUT2D eigenvalue weighted by Crippen LogP contribution is -2.33. The number of hydrogen-bond donors (Lipinski definition) is 3. The van der Waals surface area contributed by atoms with E-state index in [1.807, 2.05) is 13.8 Å². The van der Waals surface area contributed by atoms with E-state index in [1.165, 1.54) is 18.2 Å². The molecule has 0 aliphatic rings. The number of carbonyl (C=O) groups excluding carboxylic acids is 1. The number of phenolic OH excluding ortho intramolecular Hbond substituents is 2. The minimum Gasteiger partial charge on any atom is -0.508 e. The molecule has 0 spiro atoms. The summed E-state index contributed by atoms with van der Waals surface area (Å²) in [5.74, 6) is -0.518. The topological polar surface area (TPSA) is 69.6 Å². The van der Waals surface area contributed by atoms with Gasteiger partial charge in [-0.1, -0.05) is 13.8 Å². The number of rotatable bonds is 4. The molecule has 1 aromatic rings. The first-order chi connectivity index (χ1) is 7.58. The van der Waals surface area contributed by atoms with Gasteiger partial charge in [0, 0.05) is 6.04 Å². The fraction of sp³-hybridized carbons (Fsp3) is 0.417. The van der Waals surface area contributed by atoms with Crippen LogP contribution in [0, 0.1) is 0 Å². The quantitative estimate of drug-likeness (QED) is 0.684. The largest absolute Gasteiger partial charge is 0.508 e. The predicted molar refractivity (Wildman–Crippen MR) is 61.6 cm³/mol. The van der Waals surface area contributed by atoms with Crippen LogP contribution >= 0.6 is 0 Å². The highest BCUT2D eigenvalue weighted by Crippen LogP contribution is 2.22. The third-order valence-electron chi connectivity index (χ3n) is 2.55. The first-order valence-corrected chi connectivity index (χ1v) is 5.41. The smallest absolute Gasteiger partial charge is 0.255 e. The van der Waals surface area contributed by atoms with Crippen molar-refractivity contribution < 1.29 is 15.0 Å². The van der Waals surface area contributed by atoms with Crippen molar-refractivity contribution in [2.75, 3.05) is 0 Å². The van der Waals surface area contributed by atoms with Gasteiger partial charge in [-0.25, -0.2) is 0 Å². The lowest BCUT2D eigenvalue weighted by Gasteiger charge is -2.15. The number of amides is 1. The second kappa shape index (κ2) is 5.39. The zero-order valence-corrected chi connectivity index (χ0v) is 9.53. The highest BCUT2D eigenvalue weighted by atomic mass is 16.3. The fourth-order valence-electron chi connectivity index (χ4n) is 1.46. The van der Waals surface area contributed by atoms with Crippen LogP contribution in [0.4, 0.5) is 0 Å². The van der Waals surface area contributed by atoms with Crippen molar-refractivity contribution in [1.29, 1.82) is 0 Å². The van der Waals surface area contributed by atoms with Crippen LogP contribution in [-0.4, -0.2) is 22.2 Å². The first kappa shape index (κ1) is 12.4. The van der Waals surface area contributed by atoms with Crippen LogP contribution in [0.1, 0.15) is 37.0 Å². The Labute approximate surface area is 94.9 Å². The summed E-state index contributed by atoms with van der Waals surface area (Å²) in [4.78, 5) is 11.8. The molecular weight excluding hydrogens is 206 g/mol. The van der Waals surface area contributed by atoms with Crippen LogP contribution in [0.15, 0.2) is 18.2 Å². The van der Waals surface area contributed by atoms with Crippen molar-refractivity contribution in [2.24, 2.45) is 0 Å². The maximum atomic E-state index is 11.8. The Hall–Kier alpha value is -1.71. The van der Waals surface area contributed by atoms with Crippen molar-refractivity contribution in [1.82, 2.24) is 5.32 Å². The normalized spacial score (nSPS) is 10.4. The van der Waals surface area contributed by atoms with E-state index < -0.39 is 0 Å². The van der Waals surface area contributed by atoms with E-state index >= 15 is 0 Å². The average molecular weight is 223 g/mol. The third kappa shape index (κ3) is 2.89. The molecule has 0 unspecified atom stereocenters.